The number of ether oxygens (including phenoxy) is 1. The molecule has 1 aromatic heterocycles. The van der Waals surface area contributed by atoms with Crippen molar-refractivity contribution in [3.8, 4) is 0 Å². The third kappa shape index (κ3) is 3.72. The molecule has 4 heteroatoms. The third-order valence-electron chi connectivity index (χ3n) is 4.20. The Labute approximate surface area is 127 Å². The van der Waals surface area contributed by atoms with Gasteiger partial charge < -0.3 is 10.1 Å². The Morgan fingerprint density at radius 2 is 2.25 bits per heavy atom. The van der Waals surface area contributed by atoms with E-state index in [2.05, 4.69) is 38.0 Å². The Hall–Kier alpha value is -0.640. The lowest BCUT2D eigenvalue weighted by atomic mass is 9.76. The molecular formula is C16H25ClN2O. The summed E-state index contributed by atoms with van der Waals surface area (Å²) in [4.78, 5) is 4.07. The largest absolute Gasteiger partial charge is 0.378 e. The van der Waals surface area contributed by atoms with E-state index in [1.807, 2.05) is 12.3 Å². The molecule has 0 saturated carbocycles. The first-order valence-corrected chi connectivity index (χ1v) is 7.65. The van der Waals surface area contributed by atoms with Crippen molar-refractivity contribution < 1.29 is 4.74 Å². The second-order valence-electron chi connectivity index (χ2n) is 6.87. The molecule has 112 valence electrons. The highest BCUT2D eigenvalue weighted by atomic mass is 35.5. The van der Waals surface area contributed by atoms with E-state index in [-0.39, 0.29) is 17.1 Å². The monoisotopic (exact) mass is 296 g/mol. The van der Waals surface area contributed by atoms with E-state index in [9.17, 15) is 0 Å². The Balaban J connectivity index is 2.18. The van der Waals surface area contributed by atoms with Gasteiger partial charge in [0.15, 0.2) is 0 Å². The number of nitrogens with zero attached hydrogens (tertiary/aromatic N) is 1. The van der Waals surface area contributed by atoms with Gasteiger partial charge in [0.1, 0.15) is 0 Å². The van der Waals surface area contributed by atoms with Gasteiger partial charge in [0, 0.05) is 36.5 Å². The average molecular weight is 297 g/mol. The van der Waals surface area contributed by atoms with Gasteiger partial charge in [-0.1, -0.05) is 11.6 Å². The van der Waals surface area contributed by atoms with Gasteiger partial charge in [0.05, 0.1) is 11.1 Å². The summed E-state index contributed by atoms with van der Waals surface area (Å²) >= 11 is 6.28. The highest BCUT2D eigenvalue weighted by Gasteiger charge is 2.42. The highest BCUT2D eigenvalue weighted by Crippen LogP contribution is 2.39. The predicted molar refractivity (Wildman–Crippen MR) is 83.2 cm³/mol. The lowest BCUT2D eigenvalue weighted by molar-refractivity contribution is 0.0598. The number of hydrogen-bond acceptors (Lipinski definition) is 3. The minimum atomic E-state index is 0.108. The second kappa shape index (κ2) is 6.00. The normalized spacial score (nSPS) is 26.9. The van der Waals surface area contributed by atoms with Crippen LogP contribution in [0.5, 0.6) is 0 Å². The summed E-state index contributed by atoms with van der Waals surface area (Å²) in [6.45, 7) is 10.5. The van der Waals surface area contributed by atoms with Gasteiger partial charge >= 0.3 is 0 Å². The second-order valence-corrected chi connectivity index (χ2v) is 7.28. The summed E-state index contributed by atoms with van der Waals surface area (Å²) in [5.74, 6) is 0. The number of rotatable bonds is 4. The zero-order chi connectivity index (χ0) is 14.8. The molecule has 3 nitrogen and oxygen atoms in total. The number of pyridine rings is 1. The molecule has 1 aromatic rings. The molecule has 2 rings (SSSR count). The summed E-state index contributed by atoms with van der Waals surface area (Å²) in [6, 6.07) is 2.02. The fourth-order valence-corrected chi connectivity index (χ4v) is 2.90. The molecule has 1 fully saturated rings. The van der Waals surface area contributed by atoms with Gasteiger partial charge in [-0.25, -0.2) is 0 Å². The topological polar surface area (TPSA) is 34.1 Å². The number of nitrogens with one attached hydrogen (secondary N) is 1. The molecular weight excluding hydrogens is 272 g/mol. The van der Waals surface area contributed by atoms with Crippen LogP contribution in [0.25, 0.3) is 0 Å². The number of hydrogen-bond donors (Lipinski definition) is 1. The summed E-state index contributed by atoms with van der Waals surface area (Å²) in [5.41, 5.74) is 1.38. The summed E-state index contributed by atoms with van der Waals surface area (Å²) in [6.07, 6.45) is 5.77. The van der Waals surface area contributed by atoms with Crippen molar-refractivity contribution in [3.05, 3.63) is 29.0 Å². The zero-order valence-electron chi connectivity index (χ0n) is 12.9. The summed E-state index contributed by atoms with van der Waals surface area (Å²) in [5, 5.41) is 4.39. The maximum Gasteiger partial charge on any atom is 0.0621 e. The molecule has 1 aliphatic rings. The van der Waals surface area contributed by atoms with Crippen molar-refractivity contribution in [1.29, 1.82) is 0 Å². The Bertz CT molecular complexity index is 458. The molecule has 0 amide bonds. The molecule has 1 N–H and O–H groups in total. The van der Waals surface area contributed by atoms with E-state index in [4.69, 9.17) is 16.3 Å². The minimum absolute atomic E-state index is 0.108. The Morgan fingerprint density at radius 3 is 2.80 bits per heavy atom. The molecule has 2 unspecified atom stereocenters. The maximum absolute atomic E-state index is 6.28. The van der Waals surface area contributed by atoms with E-state index in [1.165, 1.54) is 0 Å². The maximum atomic E-state index is 6.28. The minimum Gasteiger partial charge on any atom is -0.378 e. The zero-order valence-corrected chi connectivity index (χ0v) is 13.6. The van der Waals surface area contributed by atoms with Crippen LogP contribution in [0.4, 0.5) is 0 Å². The van der Waals surface area contributed by atoms with Crippen molar-refractivity contribution in [2.75, 3.05) is 13.2 Å². The van der Waals surface area contributed by atoms with Gasteiger partial charge in [0.25, 0.3) is 0 Å². The van der Waals surface area contributed by atoms with E-state index >= 15 is 0 Å². The van der Waals surface area contributed by atoms with E-state index in [0.717, 1.165) is 36.6 Å². The van der Waals surface area contributed by atoms with Crippen molar-refractivity contribution >= 4 is 11.6 Å². The molecule has 1 aliphatic heterocycles. The molecule has 2 heterocycles. The van der Waals surface area contributed by atoms with E-state index < -0.39 is 0 Å². The van der Waals surface area contributed by atoms with Crippen molar-refractivity contribution in [3.63, 3.8) is 0 Å². The summed E-state index contributed by atoms with van der Waals surface area (Å²) < 4.78 is 5.85. The molecule has 1 saturated heterocycles. The average Bonchev–Trinajstić information content (AvgIpc) is 2.71. The first-order valence-electron chi connectivity index (χ1n) is 7.27. The summed E-state index contributed by atoms with van der Waals surface area (Å²) in [7, 11) is 0. The van der Waals surface area contributed by atoms with Crippen LogP contribution in [0.1, 0.15) is 39.7 Å². The van der Waals surface area contributed by atoms with Crippen molar-refractivity contribution in [1.82, 2.24) is 10.3 Å². The van der Waals surface area contributed by atoms with Crippen molar-refractivity contribution in [2.24, 2.45) is 5.41 Å². The number of halogens is 1. The highest BCUT2D eigenvalue weighted by molar-refractivity contribution is 6.31. The van der Waals surface area contributed by atoms with Crippen LogP contribution in [-0.4, -0.2) is 29.8 Å². The van der Waals surface area contributed by atoms with Crippen LogP contribution in [0.15, 0.2) is 18.5 Å². The van der Waals surface area contributed by atoms with E-state index in [0.29, 0.717) is 0 Å². The lowest BCUT2D eigenvalue weighted by Gasteiger charge is -2.36. The standard InChI is InChI=1S/C16H25ClN2O/c1-12-16(6-8-20-12,11-19-15(2,3)4)9-13-5-7-18-10-14(13)17/h5,7,10,12,19H,6,8-9,11H2,1-4H3. The molecule has 0 aliphatic carbocycles. The van der Waals surface area contributed by atoms with Gasteiger partial charge in [-0.15, -0.1) is 0 Å². The SMILES string of the molecule is CC1OCCC1(CNC(C)(C)C)Cc1ccncc1Cl. The van der Waals surface area contributed by atoms with Crippen LogP contribution < -0.4 is 5.32 Å². The lowest BCUT2D eigenvalue weighted by Crippen LogP contribution is -2.47. The number of aromatic nitrogens is 1. The molecule has 0 spiro atoms. The first-order chi connectivity index (χ1) is 9.32. The fourth-order valence-electron chi connectivity index (χ4n) is 2.71. The quantitative estimate of drug-likeness (QED) is 0.924. The predicted octanol–water partition coefficient (Wildman–Crippen LogP) is 3.46. The molecule has 0 radical (unpaired) electrons. The fraction of sp³-hybridized carbons (Fsp3) is 0.688. The third-order valence-corrected chi connectivity index (χ3v) is 4.54. The molecule has 20 heavy (non-hydrogen) atoms. The van der Waals surface area contributed by atoms with Gasteiger partial charge in [-0.3, -0.25) is 4.98 Å². The van der Waals surface area contributed by atoms with Gasteiger partial charge in [-0.2, -0.15) is 0 Å². The Kier molecular flexibility index (Phi) is 4.73. The van der Waals surface area contributed by atoms with Gasteiger partial charge in [-0.05, 0) is 52.2 Å². The van der Waals surface area contributed by atoms with E-state index in [1.54, 1.807) is 6.20 Å². The van der Waals surface area contributed by atoms with Crippen LogP contribution in [-0.2, 0) is 11.2 Å². The van der Waals surface area contributed by atoms with Crippen LogP contribution in [0.2, 0.25) is 5.02 Å². The Morgan fingerprint density at radius 1 is 1.50 bits per heavy atom. The molecule has 0 aromatic carbocycles. The molecule has 2 atom stereocenters. The van der Waals surface area contributed by atoms with Crippen molar-refractivity contribution in [2.45, 2.75) is 52.2 Å². The van der Waals surface area contributed by atoms with Gasteiger partial charge in [0.2, 0.25) is 0 Å². The molecule has 0 bridgehead atoms. The van der Waals surface area contributed by atoms with Crippen LogP contribution in [0, 0.1) is 5.41 Å². The smallest absolute Gasteiger partial charge is 0.0621 e. The first kappa shape index (κ1) is 15.7. The van der Waals surface area contributed by atoms with Crippen LogP contribution in [0.3, 0.4) is 0 Å². The van der Waals surface area contributed by atoms with Crippen LogP contribution >= 0.6 is 11.6 Å².